The maximum atomic E-state index is 13.1. The van der Waals surface area contributed by atoms with E-state index in [0.29, 0.717) is 22.2 Å². The van der Waals surface area contributed by atoms with Gasteiger partial charge in [-0.2, -0.15) is 0 Å². The molecule has 0 atom stereocenters. The van der Waals surface area contributed by atoms with Crippen molar-refractivity contribution in [3.05, 3.63) is 86.5 Å². The molecule has 142 valence electrons. The standard InChI is InChI=1S/C21H17ClN2O2S2/c1-26-16-8-6-14(7-9-16)12-24-20(25)19-18(10-11-27-19)23-21(24)28-13-15-4-2-3-5-17(15)22/h2-11H,12-13H2,1H3. The Morgan fingerprint density at radius 3 is 2.68 bits per heavy atom. The first-order valence-electron chi connectivity index (χ1n) is 8.63. The highest BCUT2D eigenvalue weighted by atomic mass is 35.5. The molecule has 0 N–H and O–H groups in total. The minimum atomic E-state index is -0.0162. The van der Waals surface area contributed by atoms with E-state index in [9.17, 15) is 4.79 Å². The third-order valence-corrected chi connectivity index (χ3v) is 6.63. The molecule has 0 saturated carbocycles. The molecule has 0 aliphatic rings. The molecule has 0 fully saturated rings. The van der Waals surface area contributed by atoms with Gasteiger partial charge in [-0.15, -0.1) is 11.3 Å². The van der Waals surface area contributed by atoms with Gasteiger partial charge in [-0.1, -0.05) is 53.7 Å². The second-order valence-corrected chi connectivity index (χ2v) is 8.41. The zero-order chi connectivity index (χ0) is 19.5. The van der Waals surface area contributed by atoms with Crippen molar-refractivity contribution >= 4 is 44.9 Å². The molecule has 2 aromatic heterocycles. The number of hydrogen-bond acceptors (Lipinski definition) is 5. The second-order valence-electron chi connectivity index (χ2n) is 6.15. The summed E-state index contributed by atoms with van der Waals surface area (Å²) in [5, 5.41) is 3.31. The van der Waals surface area contributed by atoms with Crippen molar-refractivity contribution in [3.8, 4) is 5.75 Å². The van der Waals surface area contributed by atoms with Crippen LogP contribution in [-0.2, 0) is 12.3 Å². The number of halogens is 1. The van der Waals surface area contributed by atoms with E-state index in [1.54, 1.807) is 11.7 Å². The van der Waals surface area contributed by atoms with Crippen LogP contribution in [0.25, 0.3) is 10.2 Å². The Hall–Kier alpha value is -2.28. The number of thioether (sulfide) groups is 1. The zero-order valence-corrected chi connectivity index (χ0v) is 17.5. The normalized spacial score (nSPS) is 11.1. The van der Waals surface area contributed by atoms with E-state index in [1.807, 2.05) is 60.0 Å². The van der Waals surface area contributed by atoms with Gasteiger partial charge in [0.15, 0.2) is 5.16 Å². The minimum Gasteiger partial charge on any atom is -0.497 e. The molecular formula is C21H17ClN2O2S2. The molecule has 4 aromatic rings. The predicted molar refractivity (Wildman–Crippen MR) is 117 cm³/mol. The lowest BCUT2D eigenvalue weighted by Gasteiger charge is -2.13. The fourth-order valence-corrected chi connectivity index (χ4v) is 4.91. The van der Waals surface area contributed by atoms with Crippen molar-refractivity contribution in [3.63, 3.8) is 0 Å². The Balaban J connectivity index is 1.70. The van der Waals surface area contributed by atoms with Crippen molar-refractivity contribution in [1.82, 2.24) is 9.55 Å². The van der Waals surface area contributed by atoms with Crippen LogP contribution in [0.1, 0.15) is 11.1 Å². The molecule has 0 unspecified atom stereocenters. The number of aromatic nitrogens is 2. The summed E-state index contributed by atoms with van der Waals surface area (Å²) in [6.07, 6.45) is 0. The van der Waals surface area contributed by atoms with Crippen LogP contribution in [-0.4, -0.2) is 16.7 Å². The third-order valence-electron chi connectivity index (χ3n) is 4.35. The zero-order valence-electron chi connectivity index (χ0n) is 15.1. The third kappa shape index (κ3) is 3.94. The molecule has 0 aliphatic heterocycles. The van der Waals surface area contributed by atoms with Crippen LogP contribution >= 0.6 is 34.7 Å². The van der Waals surface area contributed by atoms with Crippen molar-refractivity contribution < 1.29 is 4.74 Å². The summed E-state index contributed by atoms with van der Waals surface area (Å²) in [6, 6.07) is 17.3. The first-order valence-corrected chi connectivity index (χ1v) is 10.9. The van der Waals surface area contributed by atoms with Crippen molar-refractivity contribution in [1.29, 1.82) is 0 Å². The molecule has 4 rings (SSSR count). The van der Waals surface area contributed by atoms with Crippen LogP contribution in [0.4, 0.5) is 0 Å². The summed E-state index contributed by atoms with van der Waals surface area (Å²) in [5.41, 5.74) is 2.75. The molecule has 0 bridgehead atoms. The largest absolute Gasteiger partial charge is 0.497 e. The van der Waals surface area contributed by atoms with Crippen molar-refractivity contribution in [2.75, 3.05) is 7.11 Å². The van der Waals surface area contributed by atoms with Crippen LogP contribution in [0.15, 0.2) is 69.9 Å². The fraction of sp³-hybridized carbons (Fsp3) is 0.143. The molecule has 2 aromatic carbocycles. The quantitative estimate of drug-likeness (QED) is 0.302. The minimum absolute atomic E-state index is 0.0162. The molecule has 7 heteroatoms. The molecule has 2 heterocycles. The van der Waals surface area contributed by atoms with E-state index >= 15 is 0 Å². The number of ether oxygens (including phenoxy) is 1. The molecule has 0 radical (unpaired) electrons. The second kappa shape index (κ2) is 8.39. The summed E-state index contributed by atoms with van der Waals surface area (Å²) in [6.45, 7) is 0.453. The lowest BCUT2D eigenvalue weighted by atomic mass is 10.2. The maximum absolute atomic E-state index is 13.1. The fourth-order valence-electron chi connectivity index (χ4n) is 2.84. The van der Waals surface area contributed by atoms with Gasteiger partial charge in [0.2, 0.25) is 0 Å². The Morgan fingerprint density at radius 1 is 1.14 bits per heavy atom. The van der Waals surface area contributed by atoms with Crippen LogP contribution in [0, 0.1) is 0 Å². The highest BCUT2D eigenvalue weighted by molar-refractivity contribution is 7.98. The van der Waals surface area contributed by atoms with E-state index in [4.69, 9.17) is 21.3 Å². The SMILES string of the molecule is COc1ccc(Cn2c(SCc3ccccc3Cl)nc3ccsc3c2=O)cc1. The summed E-state index contributed by atoms with van der Waals surface area (Å²) in [7, 11) is 1.64. The van der Waals surface area contributed by atoms with E-state index in [1.165, 1.54) is 23.1 Å². The smallest absolute Gasteiger partial charge is 0.272 e. The van der Waals surface area contributed by atoms with Gasteiger partial charge < -0.3 is 4.74 Å². The van der Waals surface area contributed by atoms with E-state index in [-0.39, 0.29) is 5.56 Å². The van der Waals surface area contributed by atoms with Crippen LogP contribution in [0.5, 0.6) is 5.75 Å². The number of thiophene rings is 1. The molecular weight excluding hydrogens is 412 g/mol. The van der Waals surface area contributed by atoms with Crippen LogP contribution in [0.3, 0.4) is 0 Å². The summed E-state index contributed by atoms with van der Waals surface area (Å²) in [5.74, 6) is 1.43. The summed E-state index contributed by atoms with van der Waals surface area (Å²) in [4.78, 5) is 17.8. The summed E-state index contributed by atoms with van der Waals surface area (Å²) < 4.78 is 7.63. The predicted octanol–water partition coefficient (Wildman–Crippen LogP) is 5.46. The van der Waals surface area contributed by atoms with Crippen molar-refractivity contribution in [2.45, 2.75) is 17.5 Å². The monoisotopic (exact) mass is 428 g/mol. The molecule has 0 saturated heterocycles. The van der Waals surface area contributed by atoms with E-state index in [2.05, 4.69) is 0 Å². The highest BCUT2D eigenvalue weighted by Crippen LogP contribution is 2.27. The van der Waals surface area contributed by atoms with Gasteiger partial charge in [0, 0.05) is 10.8 Å². The van der Waals surface area contributed by atoms with Crippen LogP contribution < -0.4 is 10.3 Å². The molecule has 4 nitrogen and oxygen atoms in total. The number of benzene rings is 2. The van der Waals surface area contributed by atoms with Gasteiger partial charge in [0.05, 0.1) is 19.2 Å². The molecule has 28 heavy (non-hydrogen) atoms. The number of rotatable bonds is 6. The first-order chi connectivity index (χ1) is 13.7. The van der Waals surface area contributed by atoms with Gasteiger partial charge >= 0.3 is 0 Å². The average Bonchev–Trinajstić information content (AvgIpc) is 3.19. The van der Waals surface area contributed by atoms with Gasteiger partial charge in [0.1, 0.15) is 10.4 Å². The maximum Gasteiger partial charge on any atom is 0.272 e. The van der Waals surface area contributed by atoms with Crippen LogP contribution in [0.2, 0.25) is 5.02 Å². The Morgan fingerprint density at radius 2 is 1.93 bits per heavy atom. The topological polar surface area (TPSA) is 44.1 Å². The van der Waals surface area contributed by atoms with E-state index in [0.717, 1.165) is 27.4 Å². The van der Waals surface area contributed by atoms with Gasteiger partial charge in [-0.3, -0.25) is 9.36 Å². The number of hydrogen-bond donors (Lipinski definition) is 0. The number of fused-ring (bicyclic) bond motifs is 1. The number of nitrogens with zero attached hydrogens (tertiary/aromatic N) is 2. The van der Waals surface area contributed by atoms with E-state index < -0.39 is 0 Å². The molecule has 0 aliphatic carbocycles. The lowest BCUT2D eigenvalue weighted by molar-refractivity contribution is 0.414. The highest BCUT2D eigenvalue weighted by Gasteiger charge is 2.14. The number of methoxy groups -OCH3 is 1. The van der Waals surface area contributed by atoms with Gasteiger partial charge in [-0.05, 0) is 40.8 Å². The molecule has 0 spiro atoms. The first kappa shape index (κ1) is 19.1. The molecule has 0 amide bonds. The lowest BCUT2D eigenvalue weighted by Crippen LogP contribution is -2.23. The van der Waals surface area contributed by atoms with Gasteiger partial charge in [0.25, 0.3) is 5.56 Å². The Bertz CT molecular complexity index is 1170. The average molecular weight is 429 g/mol. The Kier molecular flexibility index (Phi) is 5.71. The van der Waals surface area contributed by atoms with Gasteiger partial charge in [-0.25, -0.2) is 4.98 Å². The Labute approximate surface area is 175 Å². The summed E-state index contributed by atoms with van der Waals surface area (Å²) >= 11 is 9.23. The van der Waals surface area contributed by atoms with Crippen molar-refractivity contribution in [2.24, 2.45) is 0 Å².